The number of sulfonamides is 1. The first-order chi connectivity index (χ1) is 13.4. The summed E-state index contributed by atoms with van der Waals surface area (Å²) in [5.41, 5.74) is 1.60. The largest absolute Gasteiger partial charge is 0.293 e. The SMILES string of the molecule is CS(=O)(=O)NCCc1ccc(C(=O)CSc2nnnn2C2CCCCC2)cc1. The molecule has 1 aromatic carbocycles. The number of nitrogens with one attached hydrogen (secondary N) is 1. The van der Waals surface area contributed by atoms with Crippen molar-refractivity contribution in [1.82, 2.24) is 24.9 Å². The third kappa shape index (κ3) is 6.11. The molecule has 0 amide bonds. The maximum Gasteiger partial charge on any atom is 0.210 e. The lowest BCUT2D eigenvalue weighted by Crippen LogP contribution is -2.24. The summed E-state index contributed by atoms with van der Waals surface area (Å²) in [6, 6.07) is 7.61. The van der Waals surface area contributed by atoms with Crippen LogP contribution in [0.3, 0.4) is 0 Å². The predicted molar refractivity (Wildman–Crippen MR) is 108 cm³/mol. The van der Waals surface area contributed by atoms with Crippen LogP contribution in [0.5, 0.6) is 0 Å². The van der Waals surface area contributed by atoms with Crippen LogP contribution in [0, 0.1) is 0 Å². The summed E-state index contributed by atoms with van der Waals surface area (Å²) >= 11 is 1.37. The molecule has 1 heterocycles. The molecule has 10 heteroatoms. The Morgan fingerprint density at radius 2 is 1.93 bits per heavy atom. The zero-order valence-electron chi connectivity index (χ0n) is 15.9. The first-order valence-electron chi connectivity index (χ1n) is 9.40. The third-order valence-electron chi connectivity index (χ3n) is 4.77. The monoisotopic (exact) mass is 423 g/mol. The molecule has 152 valence electrons. The Bertz CT molecular complexity index is 890. The number of rotatable bonds is 9. The molecule has 1 fully saturated rings. The van der Waals surface area contributed by atoms with Crippen molar-refractivity contribution in [2.24, 2.45) is 0 Å². The summed E-state index contributed by atoms with van der Waals surface area (Å²) in [5, 5.41) is 12.7. The highest BCUT2D eigenvalue weighted by molar-refractivity contribution is 7.99. The van der Waals surface area contributed by atoms with Gasteiger partial charge < -0.3 is 0 Å². The van der Waals surface area contributed by atoms with Gasteiger partial charge in [-0.2, -0.15) is 0 Å². The fourth-order valence-electron chi connectivity index (χ4n) is 3.29. The number of hydrogen-bond donors (Lipinski definition) is 1. The van der Waals surface area contributed by atoms with Gasteiger partial charge in [-0.1, -0.05) is 55.3 Å². The minimum Gasteiger partial charge on any atom is -0.293 e. The van der Waals surface area contributed by atoms with E-state index < -0.39 is 10.0 Å². The van der Waals surface area contributed by atoms with Gasteiger partial charge in [0.05, 0.1) is 18.1 Å². The van der Waals surface area contributed by atoms with E-state index in [4.69, 9.17) is 0 Å². The van der Waals surface area contributed by atoms with Crippen LogP contribution in [-0.2, 0) is 16.4 Å². The third-order valence-corrected chi connectivity index (χ3v) is 6.43. The number of thioether (sulfide) groups is 1. The number of nitrogens with zero attached hydrogens (tertiary/aromatic N) is 4. The van der Waals surface area contributed by atoms with Crippen molar-refractivity contribution in [3.63, 3.8) is 0 Å². The van der Waals surface area contributed by atoms with E-state index in [2.05, 4.69) is 20.2 Å². The molecule has 1 N–H and O–H groups in total. The zero-order valence-corrected chi connectivity index (χ0v) is 17.5. The quantitative estimate of drug-likeness (QED) is 0.487. The van der Waals surface area contributed by atoms with E-state index in [0.29, 0.717) is 29.7 Å². The molecule has 8 nitrogen and oxygen atoms in total. The number of aromatic nitrogens is 4. The van der Waals surface area contributed by atoms with Crippen molar-refractivity contribution in [2.75, 3.05) is 18.6 Å². The highest BCUT2D eigenvalue weighted by Gasteiger charge is 2.21. The van der Waals surface area contributed by atoms with Crippen LogP contribution in [0.4, 0.5) is 0 Å². The lowest BCUT2D eigenvalue weighted by molar-refractivity contribution is 0.102. The number of carbonyl (C=O) groups excluding carboxylic acids is 1. The van der Waals surface area contributed by atoms with E-state index in [1.807, 2.05) is 16.8 Å². The number of tetrazole rings is 1. The highest BCUT2D eigenvalue weighted by atomic mass is 32.2. The van der Waals surface area contributed by atoms with Crippen LogP contribution in [0.15, 0.2) is 29.4 Å². The Balaban J connectivity index is 1.52. The summed E-state index contributed by atoms with van der Waals surface area (Å²) in [5.74, 6) is 0.297. The average molecular weight is 424 g/mol. The molecule has 28 heavy (non-hydrogen) atoms. The lowest BCUT2D eigenvalue weighted by atomic mass is 9.96. The van der Waals surface area contributed by atoms with E-state index in [9.17, 15) is 13.2 Å². The summed E-state index contributed by atoms with van der Waals surface area (Å²) in [7, 11) is -3.18. The molecular weight excluding hydrogens is 398 g/mol. The van der Waals surface area contributed by atoms with Crippen LogP contribution in [0.1, 0.15) is 54.1 Å². The molecular formula is C18H25N5O3S2. The van der Waals surface area contributed by atoms with E-state index in [-0.39, 0.29) is 11.5 Å². The molecule has 1 aliphatic rings. The Kier molecular flexibility index (Phi) is 7.19. The molecule has 0 saturated heterocycles. The molecule has 0 radical (unpaired) electrons. The van der Waals surface area contributed by atoms with Gasteiger partial charge in [0.25, 0.3) is 0 Å². The Labute approximate surface area is 169 Å². The topological polar surface area (TPSA) is 107 Å². The van der Waals surface area contributed by atoms with Gasteiger partial charge in [0.2, 0.25) is 15.2 Å². The Morgan fingerprint density at radius 1 is 1.21 bits per heavy atom. The molecule has 0 spiro atoms. The van der Waals surface area contributed by atoms with Crippen molar-refractivity contribution < 1.29 is 13.2 Å². The molecule has 2 aromatic rings. The van der Waals surface area contributed by atoms with Crippen LogP contribution in [-0.4, -0.2) is 53.0 Å². The van der Waals surface area contributed by atoms with Gasteiger partial charge in [-0.05, 0) is 35.3 Å². The predicted octanol–water partition coefficient (Wildman–Crippen LogP) is 2.24. The number of Topliss-reactive ketones (excluding diaryl/α,β-unsaturated/α-hetero) is 1. The molecule has 1 aromatic heterocycles. The Hall–Kier alpha value is -1.78. The van der Waals surface area contributed by atoms with Crippen LogP contribution < -0.4 is 4.72 Å². The number of hydrogen-bond acceptors (Lipinski definition) is 7. The molecule has 1 aliphatic carbocycles. The average Bonchev–Trinajstić information content (AvgIpc) is 3.15. The minimum absolute atomic E-state index is 0.0176. The fraction of sp³-hybridized carbons (Fsp3) is 0.556. The molecule has 0 bridgehead atoms. The fourth-order valence-corrected chi connectivity index (χ4v) is 4.60. The summed E-state index contributed by atoms with van der Waals surface area (Å²) in [6.45, 7) is 0.339. The van der Waals surface area contributed by atoms with E-state index in [1.165, 1.54) is 31.0 Å². The second kappa shape index (κ2) is 9.62. The normalized spacial score (nSPS) is 15.6. The van der Waals surface area contributed by atoms with Gasteiger partial charge in [-0.3, -0.25) is 4.79 Å². The van der Waals surface area contributed by atoms with E-state index in [0.717, 1.165) is 24.7 Å². The highest BCUT2D eigenvalue weighted by Crippen LogP contribution is 2.30. The zero-order chi connectivity index (χ0) is 20.0. The maximum atomic E-state index is 12.5. The molecule has 1 saturated carbocycles. The van der Waals surface area contributed by atoms with Gasteiger partial charge in [0, 0.05) is 12.1 Å². The smallest absolute Gasteiger partial charge is 0.210 e. The maximum absolute atomic E-state index is 12.5. The van der Waals surface area contributed by atoms with Crippen molar-refractivity contribution in [3.05, 3.63) is 35.4 Å². The second-order valence-corrected chi connectivity index (χ2v) is 9.80. The molecule has 0 unspecified atom stereocenters. The standard InChI is InChI=1S/C18H25N5O3S2/c1-28(25,26)19-12-11-14-7-9-15(10-8-14)17(24)13-27-18-20-21-22-23(18)16-5-3-2-4-6-16/h7-10,16,19H,2-6,11-13H2,1H3. The van der Waals surface area contributed by atoms with Crippen LogP contribution in [0.25, 0.3) is 0 Å². The second-order valence-electron chi connectivity index (χ2n) is 7.02. The number of benzene rings is 1. The molecule has 0 aliphatic heterocycles. The van der Waals surface area contributed by atoms with Crippen LogP contribution >= 0.6 is 11.8 Å². The van der Waals surface area contributed by atoms with Gasteiger partial charge in [0.15, 0.2) is 5.78 Å². The molecule has 3 rings (SSSR count). The first kappa shape index (κ1) is 20.9. The van der Waals surface area contributed by atoms with Crippen LogP contribution in [0.2, 0.25) is 0 Å². The molecule has 0 atom stereocenters. The van der Waals surface area contributed by atoms with Crippen molar-refractivity contribution in [2.45, 2.75) is 49.7 Å². The van der Waals surface area contributed by atoms with Crippen molar-refractivity contribution >= 4 is 27.6 Å². The van der Waals surface area contributed by atoms with Gasteiger partial charge in [-0.25, -0.2) is 17.8 Å². The van der Waals surface area contributed by atoms with Gasteiger partial charge >= 0.3 is 0 Å². The number of carbonyl (C=O) groups is 1. The van der Waals surface area contributed by atoms with Crippen molar-refractivity contribution in [3.8, 4) is 0 Å². The summed E-state index contributed by atoms with van der Waals surface area (Å²) in [6.07, 6.45) is 7.53. The van der Waals surface area contributed by atoms with Crippen molar-refractivity contribution in [1.29, 1.82) is 0 Å². The van der Waals surface area contributed by atoms with Gasteiger partial charge in [0.1, 0.15) is 0 Å². The summed E-state index contributed by atoms with van der Waals surface area (Å²) < 4.78 is 26.5. The minimum atomic E-state index is -3.18. The lowest BCUT2D eigenvalue weighted by Gasteiger charge is -2.21. The first-order valence-corrected chi connectivity index (χ1v) is 12.3. The number of ketones is 1. The Morgan fingerprint density at radius 3 is 2.61 bits per heavy atom. The van der Waals surface area contributed by atoms with E-state index >= 15 is 0 Å². The summed E-state index contributed by atoms with van der Waals surface area (Å²) in [4.78, 5) is 12.5. The van der Waals surface area contributed by atoms with Gasteiger partial charge in [-0.15, -0.1) is 5.10 Å². The van der Waals surface area contributed by atoms with E-state index in [1.54, 1.807) is 12.1 Å².